The molecule has 0 saturated carbocycles. The summed E-state index contributed by atoms with van der Waals surface area (Å²) in [7, 11) is 0. The number of halogens is 2. The van der Waals surface area contributed by atoms with Crippen molar-refractivity contribution in [1.29, 1.82) is 0 Å². The van der Waals surface area contributed by atoms with E-state index in [1.54, 1.807) is 24.3 Å². The van der Waals surface area contributed by atoms with Crippen molar-refractivity contribution in [3.8, 4) is 0 Å². The smallest absolute Gasteiger partial charge is 0.251 e. The molecule has 25 heavy (non-hydrogen) atoms. The van der Waals surface area contributed by atoms with Crippen LogP contribution in [0.25, 0.3) is 0 Å². The van der Waals surface area contributed by atoms with Crippen LogP contribution in [0.4, 0.5) is 11.4 Å². The number of aliphatic imine (C=N–C) groups is 1. The number of nitrogens with zero attached hydrogens (tertiary/aromatic N) is 2. The molecule has 1 heterocycles. The van der Waals surface area contributed by atoms with Crippen molar-refractivity contribution in [3.63, 3.8) is 0 Å². The van der Waals surface area contributed by atoms with Gasteiger partial charge >= 0.3 is 0 Å². The molecule has 0 aromatic heterocycles. The monoisotopic (exact) mass is 483 g/mol. The van der Waals surface area contributed by atoms with Crippen molar-refractivity contribution in [2.24, 2.45) is 10.9 Å². The molecule has 5 nitrogen and oxygen atoms in total. The molecule has 8 heteroatoms. The fourth-order valence-electron chi connectivity index (χ4n) is 2.27. The quantitative estimate of drug-likeness (QED) is 0.313. The highest BCUT2D eigenvalue weighted by Gasteiger charge is 2.38. The lowest BCUT2D eigenvalue weighted by Crippen LogP contribution is -2.58. The van der Waals surface area contributed by atoms with Gasteiger partial charge in [0.1, 0.15) is 0 Å². The van der Waals surface area contributed by atoms with Gasteiger partial charge in [-0.3, -0.25) is 19.5 Å². The molecule has 2 amide bonds. The maximum Gasteiger partial charge on any atom is 0.251 e. The molecular weight excluding hydrogens is 473 g/mol. The molecule has 1 atom stereocenters. The third-order valence-corrected chi connectivity index (χ3v) is 4.95. The normalized spacial score (nSPS) is 17.9. The number of carbonyl (C=O) groups is 2. The van der Waals surface area contributed by atoms with E-state index >= 15 is 0 Å². The Morgan fingerprint density at radius 2 is 1.84 bits per heavy atom. The summed E-state index contributed by atoms with van der Waals surface area (Å²) < 4.78 is 0.921. The summed E-state index contributed by atoms with van der Waals surface area (Å²) in [6.07, 6.45) is 1.35. The highest BCUT2D eigenvalue weighted by atomic mass is 127. The van der Waals surface area contributed by atoms with Crippen LogP contribution in [0.1, 0.15) is 0 Å². The molecule has 0 aliphatic carbocycles. The minimum atomic E-state index is -1.06. The van der Waals surface area contributed by atoms with Crippen molar-refractivity contribution in [3.05, 3.63) is 57.1 Å². The van der Waals surface area contributed by atoms with Crippen molar-refractivity contribution in [2.75, 3.05) is 4.90 Å². The molecule has 0 bridgehead atoms. The molecular formula is C17H11ClIN3O2S. The third-order valence-electron chi connectivity index (χ3n) is 3.50. The number of thiocarbonyl (C=S) groups is 1. The summed E-state index contributed by atoms with van der Waals surface area (Å²) in [6.45, 7) is 0. The van der Waals surface area contributed by atoms with Gasteiger partial charge in [0.05, 0.1) is 11.4 Å². The van der Waals surface area contributed by atoms with Gasteiger partial charge in [0.25, 0.3) is 5.91 Å². The predicted molar refractivity (Wildman–Crippen MR) is 110 cm³/mol. The highest BCUT2D eigenvalue weighted by Crippen LogP contribution is 2.24. The lowest BCUT2D eigenvalue weighted by Gasteiger charge is -2.30. The van der Waals surface area contributed by atoms with Gasteiger partial charge in [0, 0.05) is 14.8 Å². The van der Waals surface area contributed by atoms with Crippen molar-refractivity contribution in [1.82, 2.24) is 5.32 Å². The van der Waals surface area contributed by atoms with Crippen LogP contribution in [0, 0.1) is 9.49 Å². The second-order valence-corrected chi connectivity index (χ2v) is 7.14. The SMILES string of the molecule is O=C1NC(=S)N(c2ccc(Cl)cc2)C(=O)[C@@H]1C=Nc1ccccc1I. The number of rotatable bonds is 3. The zero-order valence-corrected chi connectivity index (χ0v) is 16.4. The van der Waals surface area contributed by atoms with Crippen molar-refractivity contribution >= 4 is 80.9 Å². The largest absolute Gasteiger partial charge is 0.301 e. The molecule has 2 aromatic rings. The summed E-state index contributed by atoms with van der Waals surface area (Å²) in [5, 5.41) is 3.13. The number of hydrogen-bond acceptors (Lipinski definition) is 4. The first-order valence-corrected chi connectivity index (χ1v) is 9.07. The third kappa shape index (κ3) is 3.88. The molecule has 0 unspecified atom stereocenters. The van der Waals surface area contributed by atoms with E-state index in [-0.39, 0.29) is 5.11 Å². The first kappa shape index (κ1) is 18.0. The summed E-state index contributed by atoms with van der Waals surface area (Å²) in [5.41, 5.74) is 1.22. The fraction of sp³-hybridized carbons (Fsp3) is 0.0588. The predicted octanol–water partition coefficient (Wildman–Crippen LogP) is 3.71. The Morgan fingerprint density at radius 3 is 2.52 bits per heavy atom. The average molecular weight is 484 g/mol. The van der Waals surface area contributed by atoms with E-state index in [2.05, 4.69) is 32.9 Å². The lowest BCUT2D eigenvalue weighted by molar-refractivity contribution is -0.130. The number of carbonyl (C=O) groups excluding carboxylic acids is 2. The van der Waals surface area contributed by atoms with E-state index in [9.17, 15) is 9.59 Å². The van der Waals surface area contributed by atoms with Crippen LogP contribution in [0.15, 0.2) is 53.5 Å². The van der Waals surface area contributed by atoms with E-state index in [0.29, 0.717) is 16.4 Å². The van der Waals surface area contributed by atoms with Crippen LogP contribution in [0.3, 0.4) is 0 Å². The van der Waals surface area contributed by atoms with Crippen LogP contribution in [-0.2, 0) is 9.59 Å². The molecule has 1 aliphatic rings. The number of nitrogens with one attached hydrogen (secondary N) is 1. The Bertz CT molecular complexity index is 886. The molecule has 3 rings (SSSR count). The zero-order valence-electron chi connectivity index (χ0n) is 12.6. The number of para-hydroxylation sites is 1. The highest BCUT2D eigenvalue weighted by molar-refractivity contribution is 14.1. The number of anilines is 1. The van der Waals surface area contributed by atoms with E-state index in [4.69, 9.17) is 23.8 Å². The molecule has 1 fully saturated rings. The zero-order chi connectivity index (χ0) is 18.0. The average Bonchev–Trinajstić information content (AvgIpc) is 2.57. The second-order valence-electron chi connectivity index (χ2n) is 5.15. The lowest BCUT2D eigenvalue weighted by atomic mass is 10.1. The van der Waals surface area contributed by atoms with Gasteiger partial charge in [-0.15, -0.1) is 0 Å². The Morgan fingerprint density at radius 1 is 1.16 bits per heavy atom. The summed E-state index contributed by atoms with van der Waals surface area (Å²) in [6, 6.07) is 14.1. The molecule has 1 aliphatic heterocycles. The summed E-state index contributed by atoms with van der Waals surface area (Å²) in [4.78, 5) is 30.6. The van der Waals surface area contributed by atoms with Crippen molar-refractivity contribution in [2.45, 2.75) is 0 Å². The summed E-state index contributed by atoms with van der Waals surface area (Å²) >= 11 is 13.2. The topological polar surface area (TPSA) is 61.8 Å². The molecule has 1 saturated heterocycles. The number of hydrogen-bond donors (Lipinski definition) is 1. The van der Waals surface area contributed by atoms with Crippen LogP contribution >= 0.6 is 46.4 Å². The van der Waals surface area contributed by atoms with Gasteiger partial charge in [0.2, 0.25) is 5.91 Å². The molecule has 0 spiro atoms. The van der Waals surface area contributed by atoms with Crippen molar-refractivity contribution < 1.29 is 9.59 Å². The van der Waals surface area contributed by atoms with Crippen LogP contribution in [0.5, 0.6) is 0 Å². The standard InChI is InChI=1S/C17H11ClIN3O2S/c18-10-5-7-11(8-6-10)22-16(24)12(15(23)21-17(22)25)9-20-14-4-2-1-3-13(14)19/h1-9,12H,(H,21,23,25)/t12-/m1/s1. The maximum absolute atomic E-state index is 12.8. The Labute approximate surface area is 168 Å². The van der Waals surface area contributed by atoms with Gasteiger partial charge in [-0.1, -0.05) is 23.7 Å². The van der Waals surface area contributed by atoms with Crippen LogP contribution in [-0.4, -0.2) is 23.1 Å². The second kappa shape index (κ2) is 7.59. The fourth-order valence-corrected chi connectivity index (χ4v) is 3.22. The van der Waals surface area contributed by atoms with E-state index in [1.807, 2.05) is 24.3 Å². The van der Waals surface area contributed by atoms with E-state index in [1.165, 1.54) is 11.1 Å². The van der Waals surface area contributed by atoms with Gasteiger partial charge in [-0.2, -0.15) is 0 Å². The summed E-state index contributed by atoms with van der Waals surface area (Å²) in [5.74, 6) is -2.00. The van der Waals surface area contributed by atoms with Gasteiger partial charge in [-0.05, 0) is 71.2 Å². The first-order chi connectivity index (χ1) is 12.0. The van der Waals surface area contributed by atoms with Gasteiger partial charge in [-0.25, -0.2) is 0 Å². The minimum Gasteiger partial charge on any atom is -0.301 e. The molecule has 2 aromatic carbocycles. The van der Waals surface area contributed by atoms with E-state index < -0.39 is 17.7 Å². The van der Waals surface area contributed by atoms with Crippen LogP contribution < -0.4 is 10.2 Å². The minimum absolute atomic E-state index is 0.0382. The Balaban J connectivity index is 1.90. The van der Waals surface area contributed by atoms with Gasteiger partial charge in [0.15, 0.2) is 11.0 Å². The molecule has 0 radical (unpaired) electrons. The molecule has 1 N–H and O–H groups in total. The van der Waals surface area contributed by atoms with Crippen LogP contribution in [0.2, 0.25) is 5.02 Å². The number of benzene rings is 2. The first-order valence-electron chi connectivity index (χ1n) is 7.20. The number of amides is 2. The Kier molecular flexibility index (Phi) is 5.45. The Hall–Kier alpha value is -1.84. The van der Waals surface area contributed by atoms with E-state index in [0.717, 1.165) is 3.57 Å². The van der Waals surface area contributed by atoms with Gasteiger partial charge < -0.3 is 5.32 Å². The maximum atomic E-state index is 12.8. The molecule has 126 valence electrons.